The molecule has 65 valence electrons. The van der Waals surface area contributed by atoms with Crippen LogP contribution in [0.25, 0.3) is 0 Å². The molecular weight excluding hydrogens is 163 g/mol. The van der Waals surface area contributed by atoms with Gasteiger partial charge in [-0.05, 0) is 0 Å². The molecule has 1 radical (unpaired) electrons. The van der Waals surface area contributed by atoms with Crippen molar-refractivity contribution in [3.63, 3.8) is 0 Å². The van der Waals surface area contributed by atoms with E-state index in [2.05, 4.69) is 0 Å². The zero-order valence-electron chi connectivity index (χ0n) is 7.13. The SMILES string of the molecule is CC(C)(C)[P](=O)CCC(=O)O. The zero-order chi connectivity index (χ0) is 9.07. The van der Waals surface area contributed by atoms with Crippen LogP contribution in [-0.4, -0.2) is 22.4 Å². The maximum Gasteiger partial charge on any atom is 0.304 e. The van der Waals surface area contributed by atoms with Gasteiger partial charge in [0.05, 0.1) is 14.2 Å². The monoisotopic (exact) mass is 177 g/mol. The fourth-order valence-electron chi connectivity index (χ4n) is 0.533. The first kappa shape index (κ1) is 10.6. The van der Waals surface area contributed by atoms with Crippen molar-refractivity contribution >= 4 is 13.8 Å². The van der Waals surface area contributed by atoms with E-state index in [0.29, 0.717) is 0 Å². The lowest BCUT2D eigenvalue weighted by Crippen LogP contribution is -2.10. The second kappa shape index (κ2) is 3.82. The topological polar surface area (TPSA) is 54.4 Å². The minimum absolute atomic E-state index is 0.00642. The molecule has 0 fully saturated rings. The van der Waals surface area contributed by atoms with Gasteiger partial charge in [0, 0.05) is 11.3 Å². The molecule has 0 aliphatic carbocycles. The summed E-state index contributed by atoms with van der Waals surface area (Å²) in [7, 11) is -1.38. The predicted molar refractivity (Wildman–Crippen MR) is 44.5 cm³/mol. The van der Waals surface area contributed by atoms with Crippen molar-refractivity contribution in [1.82, 2.24) is 0 Å². The van der Waals surface area contributed by atoms with Crippen LogP contribution in [0.1, 0.15) is 27.2 Å². The Kier molecular flexibility index (Phi) is 3.67. The van der Waals surface area contributed by atoms with Gasteiger partial charge in [0.25, 0.3) is 0 Å². The van der Waals surface area contributed by atoms with E-state index in [-0.39, 0.29) is 17.7 Å². The number of carboxylic acids is 1. The highest BCUT2D eigenvalue weighted by Gasteiger charge is 2.20. The van der Waals surface area contributed by atoms with Crippen molar-refractivity contribution < 1.29 is 14.5 Å². The second-order valence-corrected chi connectivity index (χ2v) is 5.96. The van der Waals surface area contributed by atoms with Gasteiger partial charge in [-0.3, -0.25) is 9.36 Å². The smallest absolute Gasteiger partial charge is 0.304 e. The standard InChI is InChI=1S/C7H14O3P/c1-7(2,3)11(10)5-4-6(8)9/h4-5H2,1-3H3,(H,8,9). The Morgan fingerprint density at radius 3 is 2.18 bits per heavy atom. The summed E-state index contributed by atoms with van der Waals surface area (Å²) >= 11 is 0. The Morgan fingerprint density at radius 2 is 1.91 bits per heavy atom. The highest BCUT2D eigenvalue weighted by Crippen LogP contribution is 2.38. The Bertz CT molecular complexity index is 169. The van der Waals surface area contributed by atoms with Crippen LogP contribution >= 0.6 is 7.80 Å². The molecule has 11 heavy (non-hydrogen) atoms. The van der Waals surface area contributed by atoms with Gasteiger partial charge in [0.2, 0.25) is 0 Å². The van der Waals surface area contributed by atoms with E-state index in [0.717, 1.165) is 0 Å². The van der Waals surface area contributed by atoms with Gasteiger partial charge in [0.15, 0.2) is 0 Å². The van der Waals surface area contributed by atoms with Crippen LogP contribution in [0.15, 0.2) is 0 Å². The second-order valence-electron chi connectivity index (χ2n) is 3.42. The molecule has 0 amide bonds. The lowest BCUT2D eigenvalue weighted by Gasteiger charge is -2.15. The summed E-state index contributed by atoms with van der Waals surface area (Å²) in [5.74, 6) is -0.877. The number of rotatable bonds is 3. The van der Waals surface area contributed by atoms with Crippen LogP contribution in [-0.2, 0) is 9.36 Å². The minimum atomic E-state index is -1.38. The average Bonchev–Trinajstić information content (AvgIpc) is 1.80. The number of hydrogen-bond acceptors (Lipinski definition) is 2. The van der Waals surface area contributed by atoms with Crippen molar-refractivity contribution in [1.29, 1.82) is 0 Å². The summed E-state index contributed by atoms with van der Waals surface area (Å²) in [6, 6.07) is 0. The van der Waals surface area contributed by atoms with Gasteiger partial charge in [-0.15, -0.1) is 0 Å². The first-order chi connectivity index (χ1) is 4.84. The van der Waals surface area contributed by atoms with Crippen molar-refractivity contribution in [3.05, 3.63) is 0 Å². The van der Waals surface area contributed by atoms with E-state index in [1.807, 2.05) is 20.8 Å². The molecule has 0 bridgehead atoms. The predicted octanol–water partition coefficient (Wildman–Crippen LogP) is 2.09. The average molecular weight is 177 g/mol. The van der Waals surface area contributed by atoms with Crippen LogP contribution in [0.5, 0.6) is 0 Å². The molecule has 0 spiro atoms. The molecule has 0 rings (SSSR count). The molecule has 0 saturated heterocycles. The molecule has 0 aromatic carbocycles. The van der Waals surface area contributed by atoms with Gasteiger partial charge < -0.3 is 5.11 Å². The highest BCUT2D eigenvalue weighted by molar-refractivity contribution is 7.46. The molecule has 0 aliphatic heterocycles. The van der Waals surface area contributed by atoms with E-state index in [1.165, 1.54) is 0 Å². The molecular formula is C7H14O3P. The van der Waals surface area contributed by atoms with Crippen molar-refractivity contribution in [2.45, 2.75) is 32.3 Å². The molecule has 4 heteroatoms. The minimum Gasteiger partial charge on any atom is -0.481 e. The van der Waals surface area contributed by atoms with Gasteiger partial charge in [-0.1, -0.05) is 20.8 Å². The molecule has 0 heterocycles. The summed E-state index contributed by atoms with van der Waals surface area (Å²) in [6.07, 6.45) is 0.292. The summed E-state index contributed by atoms with van der Waals surface area (Å²) in [4.78, 5) is 10.1. The molecule has 1 N–H and O–H groups in total. The van der Waals surface area contributed by atoms with Gasteiger partial charge >= 0.3 is 5.97 Å². The van der Waals surface area contributed by atoms with Crippen LogP contribution in [0.3, 0.4) is 0 Å². The normalized spacial score (nSPS) is 12.8. The molecule has 3 nitrogen and oxygen atoms in total. The van der Waals surface area contributed by atoms with E-state index in [9.17, 15) is 9.36 Å². The van der Waals surface area contributed by atoms with Crippen LogP contribution in [0.4, 0.5) is 0 Å². The quantitative estimate of drug-likeness (QED) is 0.671. The lowest BCUT2D eigenvalue weighted by molar-refractivity contribution is -0.136. The zero-order valence-corrected chi connectivity index (χ0v) is 8.02. The maximum atomic E-state index is 11.3. The number of hydrogen-bond donors (Lipinski definition) is 1. The summed E-state index contributed by atoms with van der Waals surface area (Å²) in [6.45, 7) is 5.56. The number of carbonyl (C=O) groups is 1. The molecule has 1 unspecified atom stereocenters. The first-order valence-electron chi connectivity index (χ1n) is 3.50. The Morgan fingerprint density at radius 1 is 1.45 bits per heavy atom. The van der Waals surface area contributed by atoms with Crippen molar-refractivity contribution in [2.75, 3.05) is 6.16 Å². The van der Waals surface area contributed by atoms with E-state index in [4.69, 9.17) is 5.11 Å². The Labute approximate surface area is 67.6 Å². The van der Waals surface area contributed by atoms with Gasteiger partial charge in [0.1, 0.15) is 0 Å². The largest absolute Gasteiger partial charge is 0.481 e. The maximum absolute atomic E-state index is 11.3. The van der Waals surface area contributed by atoms with Crippen LogP contribution in [0, 0.1) is 0 Å². The van der Waals surface area contributed by atoms with E-state index < -0.39 is 13.8 Å². The Hall–Kier alpha value is -0.430. The van der Waals surface area contributed by atoms with E-state index >= 15 is 0 Å². The van der Waals surface area contributed by atoms with Crippen LogP contribution in [0.2, 0.25) is 0 Å². The molecule has 1 atom stereocenters. The fraction of sp³-hybridized carbons (Fsp3) is 0.857. The highest BCUT2D eigenvalue weighted by atomic mass is 31.1. The van der Waals surface area contributed by atoms with Gasteiger partial charge in [-0.2, -0.15) is 0 Å². The van der Waals surface area contributed by atoms with E-state index in [1.54, 1.807) is 0 Å². The molecule has 0 aromatic heterocycles. The third kappa shape index (κ3) is 4.91. The third-order valence-corrected chi connectivity index (χ3v) is 3.40. The van der Waals surface area contributed by atoms with Crippen molar-refractivity contribution in [3.8, 4) is 0 Å². The molecule has 0 aliphatic rings. The fourth-order valence-corrected chi connectivity index (χ4v) is 1.60. The lowest BCUT2D eigenvalue weighted by atomic mass is 10.3. The first-order valence-corrected chi connectivity index (χ1v) is 4.95. The molecule has 0 aromatic rings. The Balaban J connectivity index is 3.80. The summed E-state index contributed by atoms with van der Waals surface area (Å²) < 4.78 is 11.3. The summed E-state index contributed by atoms with van der Waals surface area (Å²) in [5, 5.41) is 8.04. The third-order valence-electron chi connectivity index (χ3n) is 1.28. The molecule has 0 saturated carbocycles. The number of aliphatic carboxylic acids is 1. The van der Waals surface area contributed by atoms with Crippen molar-refractivity contribution in [2.24, 2.45) is 0 Å². The summed E-state index contributed by atoms with van der Waals surface area (Å²) in [5.41, 5.74) is 0. The van der Waals surface area contributed by atoms with Crippen LogP contribution < -0.4 is 0 Å². The van der Waals surface area contributed by atoms with Gasteiger partial charge in [-0.25, -0.2) is 0 Å². The number of carboxylic acid groups (broad SMARTS) is 1.